The molecule has 8 rings (SSSR count). The molecule has 6 heterocycles. The Bertz CT molecular complexity index is 3550. The van der Waals surface area contributed by atoms with E-state index in [1.807, 2.05) is 108 Å². The molecule has 426 valence electrons. The van der Waals surface area contributed by atoms with Crippen molar-refractivity contribution in [3.63, 3.8) is 0 Å². The highest BCUT2D eigenvalue weighted by Gasteiger charge is 2.32. The molecule has 4 N–H and O–H groups in total. The Morgan fingerprint density at radius 2 is 1.06 bits per heavy atom. The van der Waals surface area contributed by atoms with Gasteiger partial charge >= 0.3 is 12.4 Å². The van der Waals surface area contributed by atoms with E-state index in [4.69, 9.17) is 14.5 Å². The Morgan fingerprint density at radius 1 is 0.605 bits per heavy atom. The molecule has 8 aromatic rings. The standard InChI is InChI=1S/C55H60F6N16O4/c1-9-46(78)64-40-28-42(68-52-62-21-18-38(66-52)36-30-76(7)44-16-12-10-14-34(36)44)50(80-32-54(56,57)58)70-48(40)75(6)27-25-73(4)23-20-47(79)65-41-29-43(51(81-33-55(59,60)61)71-49(41)74(5)26-24-72(2)3)69-53-63-22-19-39(67-53)37-31-77(8)45-17-13-11-15-35(37)45/h9-19,21-22,28-31H,1,20,23-27,32-33H2,2-8H3,(H,64,78)(H,65,79)(H,62,66,68)(H,63,67,69). The number of anilines is 8. The lowest BCUT2D eigenvalue weighted by Gasteiger charge is -2.26. The smallest absolute Gasteiger partial charge is 0.422 e. The van der Waals surface area contributed by atoms with E-state index in [0.29, 0.717) is 24.5 Å². The number of nitrogens with zero attached hydrogens (tertiary/aromatic N) is 12. The van der Waals surface area contributed by atoms with E-state index in [1.54, 1.807) is 43.1 Å². The molecule has 0 aliphatic carbocycles. The minimum Gasteiger partial charge on any atom is -0.466 e. The Balaban J connectivity index is 1.01. The predicted molar refractivity (Wildman–Crippen MR) is 301 cm³/mol. The summed E-state index contributed by atoms with van der Waals surface area (Å²) >= 11 is 0. The third kappa shape index (κ3) is 15.0. The second kappa shape index (κ2) is 25.0. The van der Waals surface area contributed by atoms with E-state index in [9.17, 15) is 35.9 Å². The summed E-state index contributed by atoms with van der Waals surface area (Å²) in [5.41, 5.74) is 4.66. The molecule has 0 atom stereocenters. The molecule has 0 spiro atoms. The van der Waals surface area contributed by atoms with E-state index < -0.39 is 49.1 Å². The maximum atomic E-state index is 13.9. The number of rotatable bonds is 24. The van der Waals surface area contributed by atoms with Crippen molar-refractivity contribution in [2.45, 2.75) is 18.8 Å². The van der Waals surface area contributed by atoms with Crippen LogP contribution in [0.4, 0.5) is 72.6 Å². The summed E-state index contributed by atoms with van der Waals surface area (Å²) in [4.78, 5) is 60.7. The number of nitrogens with one attached hydrogen (secondary N) is 4. The zero-order chi connectivity index (χ0) is 58.2. The highest BCUT2D eigenvalue weighted by molar-refractivity contribution is 6.02. The van der Waals surface area contributed by atoms with Crippen LogP contribution in [0, 0.1) is 0 Å². The van der Waals surface area contributed by atoms with Gasteiger partial charge in [-0.25, -0.2) is 19.9 Å². The lowest BCUT2D eigenvalue weighted by molar-refractivity contribution is -0.154. The van der Waals surface area contributed by atoms with Gasteiger partial charge in [-0.2, -0.15) is 36.3 Å². The molecule has 81 heavy (non-hydrogen) atoms. The molecule has 2 aromatic carbocycles. The third-order valence-electron chi connectivity index (χ3n) is 12.7. The van der Waals surface area contributed by atoms with Gasteiger partial charge in [0.15, 0.2) is 24.8 Å². The van der Waals surface area contributed by atoms with Gasteiger partial charge < -0.3 is 59.5 Å². The van der Waals surface area contributed by atoms with Gasteiger partial charge in [0.05, 0.1) is 22.8 Å². The summed E-state index contributed by atoms with van der Waals surface area (Å²) in [6.45, 7) is 1.69. The molecule has 0 fully saturated rings. The van der Waals surface area contributed by atoms with Crippen LogP contribution < -0.4 is 40.5 Å². The Hall–Kier alpha value is -9.04. The average molecular weight is 1120 g/mol. The summed E-state index contributed by atoms with van der Waals surface area (Å²) in [7, 11) is 12.6. The lowest BCUT2D eigenvalue weighted by atomic mass is 10.1. The second-order valence-corrected chi connectivity index (χ2v) is 19.3. The molecule has 0 saturated carbocycles. The summed E-state index contributed by atoms with van der Waals surface area (Å²) in [5, 5.41) is 13.3. The maximum absolute atomic E-state index is 13.9. The summed E-state index contributed by atoms with van der Waals surface area (Å²) in [6, 6.07) is 21.6. The predicted octanol–water partition coefficient (Wildman–Crippen LogP) is 9.26. The van der Waals surface area contributed by atoms with Crippen LogP contribution in [0.2, 0.25) is 0 Å². The van der Waals surface area contributed by atoms with Crippen LogP contribution in [0.3, 0.4) is 0 Å². The summed E-state index contributed by atoms with van der Waals surface area (Å²) in [6.07, 6.45) is -1.69. The molecule has 0 radical (unpaired) electrons. The number of benzene rings is 2. The first-order chi connectivity index (χ1) is 38.5. The molecule has 0 unspecified atom stereocenters. The monoisotopic (exact) mass is 1120 g/mol. The molecule has 20 nitrogen and oxygen atoms in total. The molecule has 0 aliphatic rings. The van der Waals surface area contributed by atoms with Crippen LogP contribution >= 0.6 is 0 Å². The first-order valence-corrected chi connectivity index (χ1v) is 25.3. The minimum absolute atomic E-state index is 0.00757. The first kappa shape index (κ1) is 58.1. The number of para-hydroxylation sites is 2. The maximum Gasteiger partial charge on any atom is 0.422 e. The second-order valence-electron chi connectivity index (χ2n) is 19.3. The van der Waals surface area contributed by atoms with Crippen LogP contribution in [0.1, 0.15) is 6.42 Å². The molecular formula is C55H60F6N16O4. The van der Waals surface area contributed by atoms with Crippen LogP contribution in [0.25, 0.3) is 44.3 Å². The van der Waals surface area contributed by atoms with Gasteiger partial charge in [-0.15, -0.1) is 0 Å². The zero-order valence-corrected chi connectivity index (χ0v) is 45.4. The number of pyridine rings is 2. The number of carbonyl (C=O) groups is 2. The molecule has 6 aromatic heterocycles. The van der Waals surface area contributed by atoms with Crippen molar-refractivity contribution in [3.8, 4) is 34.3 Å². The highest BCUT2D eigenvalue weighted by atomic mass is 19.4. The zero-order valence-electron chi connectivity index (χ0n) is 45.4. The normalized spacial score (nSPS) is 11.8. The number of halogens is 6. The van der Waals surface area contributed by atoms with Crippen LogP contribution in [0.15, 0.2) is 110 Å². The Labute approximate surface area is 462 Å². The number of hydrogen-bond acceptors (Lipinski definition) is 16. The van der Waals surface area contributed by atoms with E-state index in [0.717, 1.165) is 39.0 Å². The number of amides is 2. The van der Waals surface area contributed by atoms with Crippen LogP contribution in [0.5, 0.6) is 11.8 Å². The number of aromatic nitrogens is 8. The number of likely N-dealkylation sites (N-methyl/N-ethyl adjacent to an activating group) is 4. The fourth-order valence-electron chi connectivity index (χ4n) is 8.59. The van der Waals surface area contributed by atoms with Crippen molar-refractivity contribution < 1.29 is 45.4 Å². The fraction of sp³-hybridized carbons (Fsp3) is 0.309. The molecular weight excluding hydrogens is 1060 g/mol. The van der Waals surface area contributed by atoms with E-state index in [1.165, 1.54) is 24.5 Å². The topological polar surface area (TPSA) is 201 Å². The summed E-state index contributed by atoms with van der Waals surface area (Å²) in [5.74, 6) is -1.78. The third-order valence-corrected chi connectivity index (χ3v) is 12.7. The molecule has 2 amide bonds. The van der Waals surface area contributed by atoms with Crippen LogP contribution in [-0.4, -0.2) is 154 Å². The van der Waals surface area contributed by atoms with Gasteiger partial charge in [-0.05, 0) is 63.6 Å². The quantitative estimate of drug-likeness (QED) is 0.0329. The van der Waals surface area contributed by atoms with Crippen molar-refractivity contribution in [1.29, 1.82) is 0 Å². The Morgan fingerprint density at radius 3 is 1.52 bits per heavy atom. The van der Waals surface area contributed by atoms with Gasteiger partial charge in [0.25, 0.3) is 0 Å². The van der Waals surface area contributed by atoms with Crippen molar-refractivity contribution in [1.82, 2.24) is 48.8 Å². The van der Waals surface area contributed by atoms with Crippen molar-refractivity contribution in [3.05, 3.63) is 110 Å². The average Bonchev–Trinajstić information content (AvgIpc) is 3.96. The van der Waals surface area contributed by atoms with Gasteiger partial charge in [0.1, 0.15) is 11.4 Å². The largest absolute Gasteiger partial charge is 0.466 e. The van der Waals surface area contributed by atoms with Crippen molar-refractivity contribution in [2.24, 2.45) is 14.1 Å². The van der Waals surface area contributed by atoms with Gasteiger partial charge in [-0.3, -0.25) is 9.59 Å². The van der Waals surface area contributed by atoms with Crippen molar-refractivity contribution in [2.75, 3.05) is 112 Å². The molecule has 0 aliphatic heterocycles. The molecule has 0 bridgehead atoms. The highest BCUT2D eigenvalue weighted by Crippen LogP contribution is 2.39. The number of carbonyl (C=O) groups excluding carboxylic acids is 2. The number of aryl methyl sites for hydroxylation is 2. The fourth-order valence-corrected chi connectivity index (χ4v) is 8.59. The number of alkyl halides is 6. The molecule has 26 heteroatoms. The molecule has 0 saturated heterocycles. The van der Waals surface area contributed by atoms with Gasteiger partial charge in [0.2, 0.25) is 35.5 Å². The van der Waals surface area contributed by atoms with E-state index in [-0.39, 0.29) is 72.3 Å². The number of hydrogen-bond donors (Lipinski definition) is 4. The van der Waals surface area contributed by atoms with E-state index >= 15 is 0 Å². The lowest BCUT2D eigenvalue weighted by Crippen LogP contribution is -2.34. The SMILES string of the molecule is C=CC(=O)Nc1cc(Nc2nccc(-c3cn(C)c4ccccc34)n2)c(OCC(F)(F)F)nc1N(C)CCN(C)CCC(=O)Nc1cc(Nc2nccc(-c3cn(C)c4ccccc34)n2)c(OCC(F)(F)F)nc1N(C)CCN(C)C. The van der Waals surface area contributed by atoms with E-state index in [2.05, 4.69) is 52.8 Å². The Kier molecular flexibility index (Phi) is 17.9. The van der Waals surface area contributed by atoms with Gasteiger partial charge in [0, 0.05) is 125 Å². The van der Waals surface area contributed by atoms with Crippen LogP contribution in [-0.2, 0) is 23.7 Å². The van der Waals surface area contributed by atoms with Crippen molar-refractivity contribution >= 4 is 79.9 Å². The number of fused-ring (bicyclic) bond motifs is 2. The minimum atomic E-state index is -4.74. The van der Waals surface area contributed by atoms with Gasteiger partial charge in [-0.1, -0.05) is 43.0 Å². The summed E-state index contributed by atoms with van der Waals surface area (Å²) < 4.78 is 96.7. The first-order valence-electron chi connectivity index (χ1n) is 25.3. The number of ether oxygens (including phenoxy) is 2.